The third-order valence-electron chi connectivity index (χ3n) is 4.46. The van der Waals surface area contributed by atoms with Gasteiger partial charge in [0.15, 0.2) is 0 Å². The standard InChI is InChI=1S/C18H23NO2S/c20-13-15-7-5-14(6-8-15)12-19-9-1-3-16(19)11-17(21)18-4-2-10-22-18/h2,4-8,10,16-17,20-21H,1,3,9,11-13H2. The average Bonchev–Trinajstić information content (AvgIpc) is 3.20. The highest BCUT2D eigenvalue weighted by molar-refractivity contribution is 7.10. The Morgan fingerprint density at radius 2 is 1.95 bits per heavy atom. The van der Waals surface area contributed by atoms with E-state index in [9.17, 15) is 5.11 Å². The largest absolute Gasteiger partial charge is 0.392 e. The smallest absolute Gasteiger partial charge is 0.0896 e. The molecule has 3 rings (SSSR count). The molecule has 0 aliphatic carbocycles. The van der Waals surface area contributed by atoms with Gasteiger partial charge in [0.1, 0.15) is 0 Å². The van der Waals surface area contributed by atoms with Crippen molar-refractivity contribution in [3.8, 4) is 0 Å². The molecule has 4 heteroatoms. The van der Waals surface area contributed by atoms with Crippen LogP contribution in [0.25, 0.3) is 0 Å². The van der Waals surface area contributed by atoms with E-state index in [1.54, 1.807) is 11.3 Å². The molecule has 0 saturated carbocycles. The van der Waals surface area contributed by atoms with E-state index in [0.717, 1.165) is 36.4 Å². The van der Waals surface area contributed by atoms with Crippen LogP contribution in [0.1, 0.15) is 41.4 Å². The molecular formula is C18H23NO2S. The highest BCUT2D eigenvalue weighted by Gasteiger charge is 2.27. The van der Waals surface area contributed by atoms with Gasteiger partial charge < -0.3 is 10.2 Å². The molecule has 1 fully saturated rings. The van der Waals surface area contributed by atoms with Crippen molar-refractivity contribution in [3.05, 3.63) is 57.8 Å². The second kappa shape index (κ2) is 7.38. The number of nitrogens with zero attached hydrogens (tertiary/aromatic N) is 1. The van der Waals surface area contributed by atoms with Crippen molar-refractivity contribution in [2.24, 2.45) is 0 Å². The molecule has 0 radical (unpaired) electrons. The van der Waals surface area contributed by atoms with E-state index in [-0.39, 0.29) is 12.7 Å². The van der Waals surface area contributed by atoms with E-state index in [1.807, 2.05) is 29.6 Å². The molecule has 2 aromatic rings. The van der Waals surface area contributed by atoms with E-state index >= 15 is 0 Å². The van der Waals surface area contributed by atoms with Gasteiger partial charge in [-0.2, -0.15) is 0 Å². The van der Waals surface area contributed by atoms with Gasteiger partial charge in [-0.3, -0.25) is 4.90 Å². The van der Waals surface area contributed by atoms with E-state index in [2.05, 4.69) is 17.0 Å². The zero-order valence-corrected chi connectivity index (χ0v) is 13.5. The van der Waals surface area contributed by atoms with Crippen LogP contribution < -0.4 is 0 Å². The van der Waals surface area contributed by atoms with E-state index in [4.69, 9.17) is 5.11 Å². The maximum absolute atomic E-state index is 10.4. The number of thiophene rings is 1. The van der Waals surface area contributed by atoms with Gasteiger partial charge >= 0.3 is 0 Å². The Kier molecular flexibility index (Phi) is 5.26. The first kappa shape index (κ1) is 15.7. The highest BCUT2D eigenvalue weighted by Crippen LogP contribution is 2.30. The van der Waals surface area contributed by atoms with Gasteiger partial charge in [0.05, 0.1) is 12.7 Å². The summed E-state index contributed by atoms with van der Waals surface area (Å²) in [6.07, 6.45) is 2.84. The molecule has 1 aromatic heterocycles. The van der Waals surface area contributed by atoms with Gasteiger partial charge in [-0.15, -0.1) is 11.3 Å². The van der Waals surface area contributed by atoms with Crippen LogP contribution in [0, 0.1) is 0 Å². The zero-order valence-electron chi connectivity index (χ0n) is 12.7. The SMILES string of the molecule is OCc1ccc(CN2CCCC2CC(O)c2cccs2)cc1. The fourth-order valence-electron chi connectivity index (χ4n) is 3.21. The normalized spacial score (nSPS) is 20.4. The van der Waals surface area contributed by atoms with Crippen molar-refractivity contribution < 1.29 is 10.2 Å². The first-order valence-corrected chi connectivity index (χ1v) is 8.78. The van der Waals surface area contributed by atoms with Crippen molar-refractivity contribution in [1.29, 1.82) is 0 Å². The van der Waals surface area contributed by atoms with Gasteiger partial charge in [0, 0.05) is 17.5 Å². The lowest BCUT2D eigenvalue weighted by molar-refractivity contribution is 0.120. The van der Waals surface area contributed by atoms with Crippen molar-refractivity contribution in [3.63, 3.8) is 0 Å². The molecule has 118 valence electrons. The Balaban J connectivity index is 1.60. The topological polar surface area (TPSA) is 43.7 Å². The fourth-order valence-corrected chi connectivity index (χ4v) is 3.93. The summed E-state index contributed by atoms with van der Waals surface area (Å²) in [5.41, 5.74) is 2.23. The summed E-state index contributed by atoms with van der Waals surface area (Å²) < 4.78 is 0. The number of benzene rings is 1. The predicted molar refractivity (Wildman–Crippen MR) is 89.7 cm³/mol. The molecule has 0 spiro atoms. The number of aliphatic hydroxyl groups is 2. The van der Waals surface area contributed by atoms with Crippen LogP contribution >= 0.6 is 11.3 Å². The van der Waals surface area contributed by atoms with E-state index in [0.29, 0.717) is 6.04 Å². The van der Waals surface area contributed by atoms with Crippen LogP contribution in [0.5, 0.6) is 0 Å². The summed E-state index contributed by atoms with van der Waals surface area (Å²) in [6.45, 7) is 2.12. The Labute approximate surface area is 135 Å². The number of aliphatic hydroxyl groups excluding tert-OH is 2. The molecule has 22 heavy (non-hydrogen) atoms. The van der Waals surface area contributed by atoms with Crippen LogP contribution in [0.15, 0.2) is 41.8 Å². The van der Waals surface area contributed by atoms with E-state index < -0.39 is 0 Å². The van der Waals surface area contributed by atoms with Crippen LogP contribution in [0.2, 0.25) is 0 Å². The summed E-state index contributed by atoms with van der Waals surface area (Å²) in [5.74, 6) is 0. The van der Waals surface area contributed by atoms with Crippen molar-refractivity contribution in [1.82, 2.24) is 4.90 Å². The van der Waals surface area contributed by atoms with Gasteiger partial charge in [0.2, 0.25) is 0 Å². The maximum atomic E-state index is 10.4. The second-order valence-corrected chi connectivity index (χ2v) is 6.99. The average molecular weight is 317 g/mol. The Morgan fingerprint density at radius 1 is 1.18 bits per heavy atom. The van der Waals surface area contributed by atoms with Crippen molar-refractivity contribution >= 4 is 11.3 Å². The van der Waals surface area contributed by atoms with Crippen molar-refractivity contribution in [2.75, 3.05) is 6.54 Å². The second-order valence-electron chi connectivity index (χ2n) is 6.01. The molecule has 2 heterocycles. The minimum atomic E-state index is -0.345. The molecule has 0 bridgehead atoms. The molecule has 2 unspecified atom stereocenters. The number of likely N-dealkylation sites (tertiary alicyclic amines) is 1. The summed E-state index contributed by atoms with van der Waals surface area (Å²) in [7, 11) is 0. The fraction of sp³-hybridized carbons (Fsp3) is 0.444. The lowest BCUT2D eigenvalue weighted by Crippen LogP contribution is -2.30. The minimum absolute atomic E-state index is 0.0969. The highest BCUT2D eigenvalue weighted by atomic mass is 32.1. The molecule has 1 aromatic carbocycles. The molecule has 3 nitrogen and oxygen atoms in total. The Hall–Kier alpha value is -1.20. The van der Waals surface area contributed by atoms with Crippen LogP contribution in [0.3, 0.4) is 0 Å². The summed E-state index contributed by atoms with van der Waals surface area (Å²) >= 11 is 1.63. The monoisotopic (exact) mass is 317 g/mol. The minimum Gasteiger partial charge on any atom is -0.392 e. The Bertz CT molecular complexity index is 567. The molecule has 1 aliphatic rings. The quantitative estimate of drug-likeness (QED) is 0.859. The summed E-state index contributed by atoms with van der Waals surface area (Å²) in [6, 6.07) is 12.6. The molecular weight excluding hydrogens is 294 g/mol. The summed E-state index contributed by atoms with van der Waals surface area (Å²) in [4.78, 5) is 3.55. The first-order valence-electron chi connectivity index (χ1n) is 7.90. The van der Waals surface area contributed by atoms with Gasteiger partial charge in [0.25, 0.3) is 0 Å². The third kappa shape index (κ3) is 3.76. The number of hydrogen-bond donors (Lipinski definition) is 2. The number of hydrogen-bond acceptors (Lipinski definition) is 4. The first-order chi connectivity index (χ1) is 10.8. The molecule has 1 saturated heterocycles. The molecule has 1 aliphatic heterocycles. The van der Waals surface area contributed by atoms with E-state index in [1.165, 1.54) is 12.0 Å². The van der Waals surface area contributed by atoms with Crippen LogP contribution in [-0.4, -0.2) is 27.7 Å². The maximum Gasteiger partial charge on any atom is 0.0896 e. The van der Waals surface area contributed by atoms with Gasteiger partial charge in [-0.25, -0.2) is 0 Å². The van der Waals surface area contributed by atoms with Crippen LogP contribution in [0.4, 0.5) is 0 Å². The van der Waals surface area contributed by atoms with Gasteiger partial charge in [-0.05, 0) is 48.4 Å². The van der Waals surface area contributed by atoms with Crippen LogP contribution in [-0.2, 0) is 13.2 Å². The van der Waals surface area contributed by atoms with Gasteiger partial charge in [-0.1, -0.05) is 30.3 Å². The lowest BCUT2D eigenvalue weighted by Gasteiger charge is -2.26. The molecule has 0 amide bonds. The predicted octanol–water partition coefficient (Wildman–Crippen LogP) is 3.33. The zero-order chi connectivity index (χ0) is 15.4. The molecule has 2 N–H and O–H groups in total. The lowest BCUT2D eigenvalue weighted by atomic mass is 10.0. The summed E-state index contributed by atoms with van der Waals surface area (Å²) in [5, 5.41) is 21.5. The molecule has 2 atom stereocenters. The third-order valence-corrected chi connectivity index (χ3v) is 5.43. The number of rotatable bonds is 6. The van der Waals surface area contributed by atoms with Crippen molar-refractivity contribution in [2.45, 2.75) is 44.6 Å². The Morgan fingerprint density at radius 3 is 2.64 bits per heavy atom.